The SMILES string of the molecule is COc1cc(/C=C2\Sc3ccccc3C2=O)cc(I)c1OCc1ccccc1C#N. The molecule has 148 valence electrons. The highest BCUT2D eigenvalue weighted by molar-refractivity contribution is 14.1. The largest absolute Gasteiger partial charge is 0.493 e. The van der Waals surface area contributed by atoms with Gasteiger partial charge in [0.2, 0.25) is 5.78 Å². The van der Waals surface area contributed by atoms with Gasteiger partial charge >= 0.3 is 0 Å². The van der Waals surface area contributed by atoms with Gasteiger partial charge in [-0.3, -0.25) is 4.79 Å². The van der Waals surface area contributed by atoms with E-state index >= 15 is 0 Å². The first-order valence-electron chi connectivity index (χ1n) is 9.12. The number of nitrogens with zero attached hydrogens (tertiary/aromatic N) is 1. The lowest BCUT2D eigenvalue weighted by Crippen LogP contribution is -2.02. The van der Waals surface area contributed by atoms with Gasteiger partial charge < -0.3 is 9.47 Å². The third-order valence-electron chi connectivity index (χ3n) is 4.63. The molecule has 6 heteroatoms. The highest BCUT2D eigenvalue weighted by Crippen LogP contribution is 2.42. The molecule has 0 aromatic heterocycles. The summed E-state index contributed by atoms with van der Waals surface area (Å²) in [4.78, 5) is 14.3. The molecule has 0 atom stereocenters. The molecule has 0 bridgehead atoms. The zero-order chi connectivity index (χ0) is 21.1. The Kier molecular flexibility index (Phi) is 6.11. The van der Waals surface area contributed by atoms with E-state index in [0.717, 1.165) is 25.2 Å². The molecule has 1 aliphatic rings. The molecule has 1 aliphatic heterocycles. The summed E-state index contributed by atoms with van der Waals surface area (Å²) < 4.78 is 12.4. The van der Waals surface area contributed by atoms with E-state index in [0.29, 0.717) is 22.0 Å². The first-order chi connectivity index (χ1) is 14.6. The number of carbonyl (C=O) groups excluding carboxylic acids is 1. The van der Waals surface area contributed by atoms with Gasteiger partial charge in [-0.2, -0.15) is 5.26 Å². The zero-order valence-corrected chi connectivity index (χ0v) is 19.0. The van der Waals surface area contributed by atoms with Gasteiger partial charge in [0.05, 0.1) is 27.2 Å². The summed E-state index contributed by atoms with van der Waals surface area (Å²) in [7, 11) is 1.59. The van der Waals surface area contributed by atoms with Gasteiger partial charge in [-0.1, -0.05) is 42.1 Å². The van der Waals surface area contributed by atoms with Crippen LogP contribution in [-0.2, 0) is 6.61 Å². The molecule has 0 unspecified atom stereocenters. The number of fused-ring (bicyclic) bond motifs is 1. The fourth-order valence-electron chi connectivity index (χ4n) is 3.16. The predicted octanol–water partition coefficient (Wildman–Crippen LogP) is 6.08. The van der Waals surface area contributed by atoms with Crippen LogP contribution in [0.5, 0.6) is 11.5 Å². The number of allylic oxidation sites excluding steroid dienone is 1. The van der Waals surface area contributed by atoms with E-state index in [4.69, 9.17) is 9.47 Å². The number of Topliss-reactive ketones (excluding diaryl/α,β-unsaturated/α-hetero) is 1. The van der Waals surface area contributed by atoms with Crippen LogP contribution in [0.15, 0.2) is 70.5 Å². The summed E-state index contributed by atoms with van der Waals surface area (Å²) in [6, 6.07) is 21.0. The topological polar surface area (TPSA) is 59.3 Å². The Morgan fingerprint density at radius 1 is 1.13 bits per heavy atom. The average Bonchev–Trinajstić information content (AvgIpc) is 3.08. The Bertz CT molecular complexity index is 1210. The fraction of sp³-hybridized carbons (Fsp3) is 0.0833. The minimum atomic E-state index is 0.0398. The molecule has 0 N–H and O–H groups in total. The van der Waals surface area contributed by atoms with Crippen LogP contribution in [0.3, 0.4) is 0 Å². The molecule has 3 aromatic rings. The van der Waals surface area contributed by atoms with Crippen molar-refractivity contribution >= 4 is 46.2 Å². The Labute approximate surface area is 192 Å². The molecule has 1 heterocycles. The molecule has 3 aromatic carbocycles. The van der Waals surface area contributed by atoms with E-state index in [-0.39, 0.29) is 12.4 Å². The van der Waals surface area contributed by atoms with Crippen molar-refractivity contribution in [3.63, 3.8) is 0 Å². The molecular weight excluding hydrogens is 509 g/mol. The molecule has 4 nitrogen and oxygen atoms in total. The van der Waals surface area contributed by atoms with Crippen LogP contribution in [0.25, 0.3) is 6.08 Å². The number of hydrogen-bond acceptors (Lipinski definition) is 5. The second-order valence-corrected chi connectivity index (χ2v) is 8.77. The standard InChI is InChI=1S/C24H16INO3S/c1-28-20-11-15(12-22-23(27)18-8-4-5-9-21(18)30-22)10-19(25)24(20)29-14-17-7-3-2-6-16(17)13-26/h2-12H,14H2,1H3/b22-12-. The molecule has 0 saturated carbocycles. The van der Waals surface area contributed by atoms with Crippen molar-refractivity contribution in [3.05, 3.63) is 91.4 Å². The number of rotatable bonds is 5. The number of ketones is 1. The summed E-state index contributed by atoms with van der Waals surface area (Å²) in [6.07, 6.45) is 1.88. The van der Waals surface area contributed by atoms with Crippen molar-refractivity contribution in [1.82, 2.24) is 0 Å². The number of carbonyl (C=O) groups is 1. The van der Waals surface area contributed by atoms with E-state index in [1.807, 2.05) is 60.7 Å². The van der Waals surface area contributed by atoms with E-state index in [2.05, 4.69) is 28.7 Å². The minimum absolute atomic E-state index is 0.0398. The maximum Gasteiger partial charge on any atom is 0.200 e. The normalized spacial score (nSPS) is 13.8. The first kappa shape index (κ1) is 20.5. The number of methoxy groups -OCH3 is 1. The maximum absolute atomic E-state index is 12.7. The summed E-state index contributed by atoms with van der Waals surface area (Å²) >= 11 is 3.68. The van der Waals surface area contributed by atoms with Gasteiger partial charge in [-0.15, -0.1) is 0 Å². The Balaban J connectivity index is 1.60. The highest BCUT2D eigenvalue weighted by atomic mass is 127. The van der Waals surface area contributed by atoms with Crippen molar-refractivity contribution in [2.75, 3.05) is 7.11 Å². The van der Waals surface area contributed by atoms with Crippen molar-refractivity contribution in [1.29, 1.82) is 5.26 Å². The van der Waals surface area contributed by atoms with Crippen LogP contribution >= 0.6 is 34.4 Å². The number of ether oxygens (including phenoxy) is 2. The minimum Gasteiger partial charge on any atom is -0.493 e. The molecule has 0 spiro atoms. The van der Waals surface area contributed by atoms with Gasteiger partial charge in [-0.25, -0.2) is 0 Å². The van der Waals surface area contributed by atoms with Crippen molar-refractivity contribution < 1.29 is 14.3 Å². The summed E-state index contributed by atoms with van der Waals surface area (Å²) in [5.41, 5.74) is 3.01. The first-order valence-corrected chi connectivity index (χ1v) is 11.0. The van der Waals surface area contributed by atoms with E-state index in [9.17, 15) is 10.1 Å². The monoisotopic (exact) mass is 525 g/mol. The second-order valence-electron chi connectivity index (χ2n) is 6.53. The van der Waals surface area contributed by atoms with Crippen LogP contribution < -0.4 is 9.47 Å². The van der Waals surface area contributed by atoms with Crippen LogP contribution in [0, 0.1) is 14.9 Å². The van der Waals surface area contributed by atoms with Crippen molar-refractivity contribution in [2.45, 2.75) is 11.5 Å². The third kappa shape index (κ3) is 4.09. The number of nitriles is 1. The summed E-state index contributed by atoms with van der Waals surface area (Å²) in [6.45, 7) is 0.264. The number of thioether (sulfide) groups is 1. The Morgan fingerprint density at radius 3 is 2.67 bits per heavy atom. The molecular formula is C24H16INO3S. The summed E-state index contributed by atoms with van der Waals surface area (Å²) in [5, 5.41) is 9.26. The molecule has 0 aliphatic carbocycles. The van der Waals surface area contributed by atoms with Gasteiger partial charge in [0.15, 0.2) is 11.5 Å². The third-order valence-corrected chi connectivity index (χ3v) is 6.54. The zero-order valence-electron chi connectivity index (χ0n) is 16.0. The molecule has 0 radical (unpaired) electrons. The van der Waals surface area contributed by atoms with Crippen LogP contribution in [0.1, 0.15) is 27.0 Å². The van der Waals surface area contributed by atoms with Gasteiger partial charge in [-0.05, 0) is 64.6 Å². The second kappa shape index (κ2) is 8.94. The number of halogens is 1. The van der Waals surface area contributed by atoms with Crippen LogP contribution in [0.2, 0.25) is 0 Å². The molecule has 0 fully saturated rings. The molecule has 0 saturated heterocycles. The Hall–Kier alpha value is -2.76. The molecule has 4 rings (SSSR count). The quantitative estimate of drug-likeness (QED) is 0.299. The Morgan fingerprint density at radius 2 is 1.90 bits per heavy atom. The van der Waals surface area contributed by atoms with E-state index < -0.39 is 0 Å². The van der Waals surface area contributed by atoms with Gasteiger partial charge in [0.25, 0.3) is 0 Å². The number of hydrogen-bond donors (Lipinski definition) is 0. The molecule has 0 amide bonds. The predicted molar refractivity (Wildman–Crippen MR) is 126 cm³/mol. The van der Waals surface area contributed by atoms with E-state index in [1.54, 1.807) is 13.2 Å². The average molecular weight is 525 g/mol. The van der Waals surface area contributed by atoms with Crippen LogP contribution in [-0.4, -0.2) is 12.9 Å². The lowest BCUT2D eigenvalue weighted by atomic mass is 10.1. The summed E-state index contributed by atoms with van der Waals surface area (Å²) in [5.74, 6) is 1.23. The van der Waals surface area contributed by atoms with Crippen molar-refractivity contribution in [3.8, 4) is 17.6 Å². The van der Waals surface area contributed by atoms with Gasteiger partial charge in [0, 0.05) is 16.0 Å². The van der Waals surface area contributed by atoms with Crippen LogP contribution in [0.4, 0.5) is 0 Å². The lowest BCUT2D eigenvalue weighted by molar-refractivity contribution is 0.104. The van der Waals surface area contributed by atoms with Crippen molar-refractivity contribution in [2.24, 2.45) is 0 Å². The van der Waals surface area contributed by atoms with Gasteiger partial charge in [0.1, 0.15) is 6.61 Å². The molecule has 30 heavy (non-hydrogen) atoms. The highest BCUT2D eigenvalue weighted by Gasteiger charge is 2.25. The number of benzene rings is 3. The lowest BCUT2D eigenvalue weighted by Gasteiger charge is -2.14. The fourth-order valence-corrected chi connectivity index (χ4v) is 4.99. The maximum atomic E-state index is 12.7. The van der Waals surface area contributed by atoms with E-state index in [1.165, 1.54) is 11.8 Å². The smallest absolute Gasteiger partial charge is 0.200 e.